The van der Waals surface area contributed by atoms with Gasteiger partial charge in [-0.15, -0.1) is 11.8 Å². The molecule has 0 saturated heterocycles. The molecule has 0 radical (unpaired) electrons. The van der Waals surface area contributed by atoms with Crippen molar-refractivity contribution in [3.05, 3.63) is 28.8 Å². The molecular weight excluding hydrogens is 238 g/mol. The zero-order valence-electron chi connectivity index (χ0n) is 10.0. The van der Waals surface area contributed by atoms with E-state index in [1.807, 2.05) is 11.8 Å². The van der Waals surface area contributed by atoms with Gasteiger partial charge in [-0.2, -0.15) is 0 Å². The molecule has 0 fully saturated rings. The Balaban J connectivity index is 2.67. The predicted molar refractivity (Wildman–Crippen MR) is 74.4 cm³/mol. The van der Waals surface area contributed by atoms with Crippen molar-refractivity contribution in [3.8, 4) is 0 Å². The average molecular weight is 258 g/mol. The lowest BCUT2D eigenvalue weighted by Gasteiger charge is -2.11. The van der Waals surface area contributed by atoms with Gasteiger partial charge in [0.15, 0.2) is 0 Å². The number of thioether (sulfide) groups is 1. The van der Waals surface area contributed by atoms with Crippen molar-refractivity contribution < 1.29 is 0 Å². The summed E-state index contributed by atoms with van der Waals surface area (Å²) in [6.07, 6.45) is 3.04. The maximum Gasteiger partial charge on any atom is 0.0449 e. The molecule has 0 heterocycles. The molecule has 0 bridgehead atoms. The number of rotatable bonds is 6. The van der Waals surface area contributed by atoms with Gasteiger partial charge in [-0.3, -0.25) is 0 Å². The molecule has 0 saturated carbocycles. The van der Waals surface area contributed by atoms with Gasteiger partial charge in [0.2, 0.25) is 0 Å². The summed E-state index contributed by atoms with van der Waals surface area (Å²) in [5, 5.41) is 0.852. The first-order chi connectivity index (χ1) is 7.67. The van der Waals surface area contributed by atoms with Gasteiger partial charge in [-0.1, -0.05) is 31.5 Å². The summed E-state index contributed by atoms with van der Waals surface area (Å²) in [5.74, 6) is 1.14. The van der Waals surface area contributed by atoms with E-state index >= 15 is 0 Å². The van der Waals surface area contributed by atoms with Crippen molar-refractivity contribution in [1.29, 1.82) is 0 Å². The van der Waals surface area contributed by atoms with E-state index in [1.54, 1.807) is 0 Å². The van der Waals surface area contributed by atoms with E-state index < -0.39 is 0 Å². The van der Waals surface area contributed by atoms with E-state index in [2.05, 4.69) is 32.0 Å². The fourth-order valence-corrected chi connectivity index (χ4v) is 2.56. The maximum absolute atomic E-state index is 6.24. The lowest BCUT2D eigenvalue weighted by atomic mass is 10.1. The van der Waals surface area contributed by atoms with Crippen molar-refractivity contribution in [3.63, 3.8) is 0 Å². The van der Waals surface area contributed by atoms with Gasteiger partial charge in [0.05, 0.1) is 0 Å². The molecule has 3 heteroatoms. The van der Waals surface area contributed by atoms with E-state index in [0.29, 0.717) is 0 Å². The van der Waals surface area contributed by atoms with Crippen LogP contribution in [0, 0.1) is 0 Å². The lowest BCUT2D eigenvalue weighted by molar-refractivity contribution is 0.646. The third-order valence-electron chi connectivity index (χ3n) is 2.50. The summed E-state index contributed by atoms with van der Waals surface area (Å²) in [4.78, 5) is 1.25. The number of nitrogens with two attached hydrogens (primary N) is 1. The molecule has 1 nitrogen and oxygen atoms in total. The topological polar surface area (TPSA) is 26.0 Å². The first-order valence-electron chi connectivity index (χ1n) is 5.84. The lowest BCUT2D eigenvalue weighted by Crippen LogP contribution is -2.21. The van der Waals surface area contributed by atoms with Gasteiger partial charge in [0.25, 0.3) is 0 Å². The smallest absolute Gasteiger partial charge is 0.0449 e. The van der Waals surface area contributed by atoms with Crippen LogP contribution in [0.3, 0.4) is 0 Å². The quantitative estimate of drug-likeness (QED) is 0.776. The van der Waals surface area contributed by atoms with Crippen LogP contribution in [0.4, 0.5) is 0 Å². The Morgan fingerprint density at radius 2 is 2.12 bits per heavy atom. The van der Waals surface area contributed by atoms with E-state index in [0.717, 1.165) is 29.2 Å². The molecule has 1 rings (SSSR count). The molecule has 0 aliphatic heterocycles. The zero-order valence-corrected chi connectivity index (χ0v) is 11.6. The van der Waals surface area contributed by atoms with Gasteiger partial charge < -0.3 is 5.73 Å². The number of benzene rings is 1. The van der Waals surface area contributed by atoms with E-state index in [4.69, 9.17) is 17.3 Å². The van der Waals surface area contributed by atoms with E-state index in [-0.39, 0.29) is 6.04 Å². The Hall–Kier alpha value is -0.180. The summed E-state index contributed by atoms with van der Waals surface area (Å²) in [5.41, 5.74) is 7.09. The number of halogens is 1. The Morgan fingerprint density at radius 1 is 1.38 bits per heavy atom. The first-order valence-corrected chi connectivity index (χ1v) is 7.20. The molecule has 16 heavy (non-hydrogen) atoms. The molecule has 90 valence electrons. The Morgan fingerprint density at radius 3 is 2.69 bits per heavy atom. The van der Waals surface area contributed by atoms with Crippen LogP contribution in [0.25, 0.3) is 0 Å². The Labute approximate surface area is 108 Å². The van der Waals surface area contributed by atoms with Crippen molar-refractivity contribution >= 4 is 23.4 Å². The highest BCUT2D eigenvalue weighted by Crippen LogP contribution is 2.26. The van der Waals surface area contributed by atoms with Crippen LogP contribution in [0.5, 0.6) is 0 Å². The normalized spacial score (nSPS) is 12.8. The van der Waals surface area contributed by atoms with Crippen LogP contribution in [0.15, 0.2) is 23.1 Å². The van der Waals surface area contributed by atoms with Crippen molar-refractivity contribution in [2.45, 2.75) is 44.0 Å². The van der Waals surface area contributed by atoms with Crippen molar-refractivity contribution in [1.82, 2.24) is 0 Å². The van der Waals surface area contributed by atoms with Crippen LogP contribution >= 0.6 is 23.4 Å². The molecule has 0 aliphatic carbocycles. The maximum atomic E-state index is 6.24. The summed E-state index contributed by atoms with van der Waals surface area (Å²) < 4.78 is 0. The summed E-state index contributed by atoms with van der Waals surface area (Å²) >= 11 is 8.09. The molecule has 1 aromatic carbocycles. The van der Waals surface area contributed by atoms with Crippen LogP contribution in [-0.2, 0) is 6.42 Å². The van der Waals surface area contributed by atoms with Crippen LogP contribution < -0.4 is 5.73 Å². The Bertz CT molecular complexity index is 328. The van der Waals surface area contributed by atoms with Crippen LogP contribution in [0.1, 0.15) is 32.3 Å². The molecule has 0 amide bonds. The Kier molecular flexibility index (Phi) is 6.25. The molecule has 1 unspecified atom stereocenters. The minimum Gasteiger partial charge on any atom is -0.327 e. The van der Waals surface area contributed by atoms with E-state index in [1.165, 1.54) is 11.3 Å². The summed E-state index contributed by atoms with van der Waals surface area (Å²) in [6.45, 7) is 4.29. The minimum atomic E-state index is 0.214. The van der Waals surface area contributed by atoms with Gasteiger partial charge in [0.1, 0.15) is 0 Å². The van der Waals surface area contributed by atoms with Gasteiger partial charge in [0, 0.05) is 16.0 Å². The highest BCUT2D eigenvalue weighted by molar-refractivity contribution is 7.99. The zero-order chi connectivity index (χ0) is 12.0. The molecule has 0 aromatic heterocycles. The van der Waals surface area contributed by atoms with Crippen LogP contribution in [0.2, 0.25) is 5.02 Å². The minimum absolute atomic E-state index is 0.214. The predicted octanol–water partition coefficient (Wildman–Crippen LogP) is 4.12. The third-order valence-corrected chi connectivity index (χ3v) is 4.06. The second kappa shape index (κ2) is 7.21. The standard InChI is InChI=1S/C13H20ClNS/c1-3-7-16-12-6-5-10(13(14)9-12)8-11(15)4-2/h5-6,9,11H,3-4,7-8,15H2,1-2H3. The highest BCUT2D eigenvalue weighted by atomic mass is 35.5. The number of hydrogen-bond acceptors (Lipinski definition) is 2. The largest absolute Gasteiger partial charge is 0.327 e. The molecular formula is C13H20ClNS. The fraction of sp³-hybridized carbons (Fsp3) is 0.538. The van der Waals surface area contributed by atoms with Crippen molar-refractivity contribution in [2.24, 2.45) is 5.73 Å². The summed E-state index contributed by atoms with van der Waals surface area (Å²) in [6, 6.07) is 6.52. The fourth-order valence-electron chi connectivity index (χ4n) is 1.43. The second-order valence-electron chi connectivity index (χ2n) is 3.97. The van der Waals surface area contributed by atoms with Gasteiger partial charge in [-0.25, -0.2) is 0 Å². The first kappa shape index (κ1) is 13.9. The third kappa shape index (κ3) is 4.36. The SMILES string of the molecule is CCCSc1ccc(CC(N)CC)c(Cl)c1. The summed E-state index contributed by atoms with van der Waals surface area (Å²) in [7, 11) is 0. The van der Waals surface area contributed by atoms with Gasteiger partial charge >= 0.3 is 0 Å². The molecule has 2 N–H and O–H groups in total. The van der Waals surface area contributed by atoms with Gasteiger partial charge in [-0.05, 0) is 42.7 Å². The number of hydrogen-bond donors (Lipinski definition) is 1. The highest BCUT2D eigenvalue weighted by Gasteiger charge is 2.06. The molecule has 0 aliphatic rings. The monoisotopic (exact) mass is 257 g/mol. The van der Waals surface area contributed by atoms with Crippen molar-refractivity contribution in [2.75, 3.05) is 5.75 Å². The average Bonchev–Trinajstić information content (AvgIpc) is 2.29. The molecule has 0 spiro atoms. The molecule has 1 aromatic rings. The molecule has 1 atom stereocenters. The van der Waals surface area contributed by atoms with E-state index in [9.17, 15) is 0 Å². The second-order valence-corrected chi connectivity index (χ2v) is 5.55. The van der Waals surface area contributed by atoms with Crippen LogP contribution in [-0.4, -0.2) is 11.8 Å².